The summed E-state index contributed by atoms with van der Waals surface area (Å²) in [7, 11) is 0. The van der Waals surface area contributed by atoms with Crippen molar-refractivity contribution < 1.29 is 19.4 Å². The van der Waals surface area contributed by atoms with Crippen molar-refractivity contribution in [2.45, 2.75) is 57.6 Å². The third kappa shape index (κ3) is 4.06. The van der Waals surface area contributed by atoms with Gasteiger partial charge in [-0.05, 0) is 80.5 Å². The van der Waals surface area contributed by atoms with Crippen LogP contribution in [0.5, 0.6) is 0 Å². The van der Waals surface area contributed by atoms with Gasteiger partial charge in [-0.3, -0.25) is 9.59 Å². The summed E-state index contributed by atoms with van der Waals surface area (Å²) in [6.45, 7) is 2.12. The second-order valence-corrected chi connectivity index (χ2v) is 10.3. The molecule has 4 fully saturated rings. The third-order valence-electron chi connectivity index (χ3n) is 7.59. The summed E-state index contributed by atoms with van der Waals surface area (Å²) in [5.74, 6) is 0.247. The SMILES string of the molecule is Cc1cccc(N(Cc2ccccc2)C(=O)COC(=O)C23CC4CC(CC(O)(C4)C2)C3)c1. The number of carbonyl (C=O) groups is 2. The smallest absolute Gasteiger partial charge is 0.312 e. The van der Waals surface area contributed by atoms with Gasteiger partial charge in [0.2, 0.25) is 0 Å². The zero-order chi connectivity index (χ0) is 22.3. The van der Waals surface area contributed by atoms with Gasteiger partial charge in [0.25, 0.3) is 5.91 Å². The van der Waals surface area contributed by atoms with Gasteiger partial charge in [-0.1, -0.05) is 42.5 Å². The van der Waals surface area contributed by atoms with Crippen LogP contribution in [0, 0.1) is 24.2 Å². The van der Waals surface area contributed by atoms with E-state index in [9.17, 15) is 14.7 Å². The van der Waals surface area contributed by atoms with E-state index in [1.807, 2.05) is 61.5 Å². The average molecular weight is 434 g/mol. The minimum atomic E-state index is -0.728. The highest BCUT2D eigenvalue weighted by molar-refractivity contribution is 5.95. The average Bonchev–Trinajstić information content (AvgIpc) is 2.74. The molecule has 4 aliphatic carbocycles. The molecule has 0 saturated heterocycles. The fourth-order valence-electron chi connectivity index (χ4n) is 6.70. The molecular weight excluding hydrogens is 402 g/mol. The lowest BCUT2D eigenvalue weighted by atomic mass is 9.48. The molecule has 2 aromatic carbocycles. The highest BCUT2D eigenvalue weighted by Gasteiger charge is 2.60. The summed E-state index contributed by atoms with van der Waals surface area (Å²) in [6, 6.07) is 17.6. The van der Waals surface area contributed by atoms with Crippen LogP contribution in [0.3, 0.4) is 0 Å². The molecule has 5 nitrogen and oxygen atoms in total. The van der Waals surface area contributed by atoms with Crippen molar-refractivity contribution in [3.8, 4) is 0 Å². The first-order valence-electron chi connectivity index (χ1n) is 11.6. The van der Waals surface area contributed by atoms with Crippen molar-refractivity contribution >= 4 is 17.6 Å². The van der Waals surface area contributed by atoms with E-state index in [2.05, 4.69) is 0 Å². The van der Waals surface area contributed by atoms with Gasteiger partial charge in [0, 0.05) is 5.69 Å². The van der Waals surface area contributed by atoms with E-state index in [1.165, 1.54) is 0 Å². The van der Waals surface area contributed by atoms with E-state index in [4.69, 9.17) is 4.74 Å². The molecule has 168 valence electrons. The van der Waals surface area contributed by atoms with Crippen LogP contribution >= 0.6 is 0 Å². The molecule has 0 spiro atoms. The van der Waals surface area contributed by atoms with Gasteiger partial charge >= 0.3 is 5.97 Å². The summed E-state index contributed by atoms with van der Waals surface area (Å²) in [4.78, 5) is 28.1. The molecule has 32 heavy (non-hydrogen) atoms. The van der Waals surface area contributed by atoms with Gasteiger partial charge in [-0.15, -0.1) is 0 Å². The number of esters is 1. The Morgan fingerprint density at radius 3 is 2.41 bits per heavy atom. The first-order valence-corrected chi connectivity index (χ1v) is 11.6. The van der Waals surface area contributed by atoms with Crippen LogP contribution in [0.4, 0.5) is 5.69 Å². The second kappa shape index (κ2) is 8.04. The van der Waals surface area contributed by atoms with E-state index in [1.54, 1.807) is 4.90 Å². The molecule has 0 radical (unpaired) electrons. The summed E-state index contributed by atoms with van der Waals surface area (Å²) in [6.07, 6.45) is 4.75. The van der Waals surface area contributed by atoms with Crippen molar-refractivity contribution in [2.75, 3.05) is 11.5 Å². The first-order chi connectivity index (χ1) is 15.3. The van der Waals surface area contributed by atoms with Gasteiger partial charge in [0.05, 0.1) is 17.6 Å². The molecule has 2 aromatic rings. The van der Waals surface area contributed by atoms with Crippen molar-refractivity contribution in [2.24, 2.45) is 17.3 Å². The normalized spacial score (nSPS) is 30.2. The number of ether oxygens (including phenoxy) is 1. The van der Waals surface area contributed by atoms with Crippen LogP contribution in [0.15, 0.2) is 54.6 Å². The molecule has 4 saturated carbocycles. The summed E-state index contributed by atoms with van der Waals surface area (Å²) < 4.78 is 5.66. The number of amides is 1. The Morgan fingerprint density at radius 2 is 1.75 bits per heavy atom. The maximum Gasteiger partial charge on any atom is 0.312 e. The number of rotatable bonds is 6. The standard InChI is InChI=1S/C27H31NO4/c1-19-6-5-9-23(10-19)28(16-20-7-3-2-4-8-20)24(29)17-32-25(30)26-12-21-11-22(13-26)15-27(31,14-21)18-26/h2-10,21-22,31H,11-18H2,1H3. The van der Waals surface area contributed by atoms with Crippen LogP contribution in [-0.4, -0.2) is 29.2 Å². The Hall–Kier alpha value is -2.66. The Labute approximate surface area is 189 Å². The van der Waals surface area contributed by atoms with Gasteiger partial charge in [-0.25, -0.2) is 0 Å². The molecule has 5 heteroatoms. The molecule has 0 aromatic heterocycles. The molecule has 4 aliphatic rings. The third-order valence-corrected chi connectivity index (χ3v) is 7.59. The molecule has 6 rings (SSSR count). The van der Waals surface area contributed by atoms with Crippen molar-refractivity contribution in [1.29, 1.82) is 0 Å². The van der Waals surface area contributed by atoms with E-state index in [-0.39, 0.29) is 18.5 Å². The van der Waals surface area contributed by atoms with Gasteiger partial charge in [-0.2, -0.15) is 0 Å². The highest BCUT2D eigenvalue weighted by Crippen LogP contribution is 2.61. The molecule has 4 bridgehead atoms. The number of carbonyl (C=O) groups excluding carboxylic acids is 2. The number of benzene rings is 2. The van der Waals surface area contributed by atoms with E-state index in [0.717, 1.165) is 48.9 Å². The zero-order valence-corrected chi connectivity index (χ0v) is 18.6. The van der Waals surface area contributed by atoms with Crippen LogP contribution in [-0.2, 0) is 20.9 Å². The molecule has 1 N–H and O–H groups in total. The fraction of sp³-hybridized carbons (Fsp3) is 0.481. The lowest BCUT2D eigenvalue weighted by Gasteiger charge is -2.58. The Kier molecular flexibility index (Phi) is 5.32. The maximum absolute atomic E-state index is 13.3. The molecule has 0 aliphatic heterocycles. The van der Waals surface area contributed by atoms with E-state index >= 15 is 0 Å². The number of anilines is 1. The second-order valence-electron chi connectivity index (χ2n) is 10.3. The van der Waals surface area contributed by atoms with Crippen molar-refractivity contribution in [3.63, 3.8) is 0 Å². The monoisotopic (exact) mass is 433 g/mol. The summed E-state index contributed by atoms with van der Waals surface area (Å²) in [5.41, 5.74) is 1.52. The number of hydrogen-bond acceptors (Lipinski definition) is 4. The Balaban J connectivity index is 1.31. The topological polar surface area (TPSA) is 66.8 Å². The number of nitrogens with zero attached hydrogens (tertiary/aromatic N) is 1. The quantitative estimate of drug-likeness (QED) is 0.686. The molecule has 0 heterocycles. The van der Waals surface area contributed by atoms with Crippen LogP contribution in [0.25, 0.3) is 0 Å². The highest BCUT2D eigenvalue weighted by atomic mass is 16.5. The van der Waals surface area contributed by atoms with Crippen LogP contribution in [0.1, 0.15) is 49.7 Å². The number of aliphatic hydroxyl groups is 1. The van der Waals surface area contributed by atoms with Gasteiger partial charge in [0.1, 0.15) is 0 Å². The summed E-state index contributed by atoms with van der Waals surface area (Å²) in [5, 5.41) is 10.9. The lowest BCUT2D eigenvalue weighted by Crippen LogP contribution is -2.58. The molecule has 1 amide bonds. The maximum atomic E-state index is 13.3. The molecule has 2 unspecified atom stereocenters. The zero-order valence-electron chi connectivity index (χ0n) is 18.6. The minimum Gasteiger partial charge on any atom is -0.455 e. The van der Waals surface area contributed by atoms with E-state index in [0.29, 0.717) is 24.8 Å². The predicted octanol–water partition coefficient (Wildman–Crippen LogP) is 4.40. The van der Waals surface area contributed by atoms with Crippen molar-refractivity contribution in [3.05, 3.63) is 65.7 Å². The van der Waals surface area contributed by atoms with Gasteiger partial charge < -0.3 is 14.7 Å². The Bertz CT molecular complexity index is 1000. The van der Waals surface area contributed by atoms with E-state index < -0.39 is 11.0 Å². The predicted molar refractivity (Wildman–Crippen MR) is 122 cm³/mol. The number of aryl methyl sites for hydroxylation is 1. The first kappa shape index (κ1) is 21.2. The minimum absolute atomic E-state index is 0.240. The molecule has 2 atom stereocenters. The number of hydrogen-bond donors (Lipinski definition) is 1. The fourth-order valence-corrected chi connectivity index (χ4v) is 6.70. The lowest BCUT2D eigenvalue weighted by molar-refractivity contribution is -0.196. The van der Waals surface area contributed by atoms with Crippen LogP contribution in [0.2, 0.25) is 0 Å². The largest absolute Gasteiger partial charge is 0.455 e. The van der Waals surface area contributed by atoms with Crippen LogP contribution < -0.4 is 4.90 Å². The van der Waals surface area contributed by atoms with Crippen molar-refractivity contribution in [1.82, 2.24) is 0 Å². The summed E-state index contributed by atoms with van der Waals surface area (Å²) >= 11 is 0. The van der Waals surface area contributed by atoms with Gasteiger partial charge in [0.15, 0.2) is 6.61 Å². The Morgan fingerprint density at radius 1 is 1.03 bits per heavy atom. The molecular formula is C27H31NO4.